The van der Waals surface area contributed by atoms with E-state index in [1.54, 1.807) is 0 Å². The number of nitrogens with one attached hydrogen (secondary N) is 2. The van der Waals surface area contributed by atoms with Crippen LogP contribution in [0.15, 0.2) is 36.5 Å². The standard InChI is InChI=1S/C17H19N5O/c1-18-13-4-2-3-12(11-13)16-20-14-5-6-19-15(14)17(21-16)22-7-9-23-10-8-22/h2-6,11,18-19H,7-10H2,1H3. The molecule has 118 valence electrons. The molecule has 0 saturated carbocycles. The second-order valence-corrected chi connectivity index (χ2v) is 5.54. The third-order valence-electron chi connectivity index (χ3n) is 4.11. The van der Waals surface area contributed by atoms with Gasteiger partial charge in [-0.2, -0.15) is 0 Å². The fourth-order valence-electron chi connectivity index (χ4n) is 2.88. The van der Waals surface area contributed by atoms with E-state index in [4.69, 9.17) is 14.7 Å². The summed E-state index contributed by atoms with van der Waals surface area (Å²) in [7, 11) is 1.91. The lowest BCUT2D eigenvalue weighted by molar-refractivity contribution is 0.122. The molecule has 1 fully saturated rings. The Morgan fingerprint density at radius 3 is 2.87 bits per heavy atom. The Hall–Kier alpha value is -2.60. The van der Waals surface area contributed by atoms with E-state index in [1.807, 2.05) is 37.5 Å². The van der Waals surface area contributed by atoms with Gasteiger partial charge in [-0.1, -0.05) is 12.1 Å². The number of aromatic amines is 1. The number of nitrogens with zero attached hydrogens (tertiary/aromatic N) is 3. The summed E-state index contributed by atoms with van der Waals surface area (Å²) in [6, 6.07) is 10.1. The fourth-order valence-corrected chi connectivity index (χ4v) is 2.88. The number of ether oxygens (including phenoxy) is 1. The topological polar surface area (TPSA) is 66.1 Å². The van der Waals surface area contributed by atoms with Crippen LogP contribution in [-0.2, 0) is 4.74 Å². The molecule has 23 heavy (non-hydrogen) atoms. The van der Waals surface area contributed by atoms with Crippen molar-refractivity contribution in [3.05, 3.63) is 36.5 Å². The number of hydrogen-bond acceptors (Lipinski definition) is 5. The second-order valence-electron chi connectivity index (χ2n) is 5.54. The van der Waals surface area contributed by atoms with Crippen LogP contribution in [0.4, 0.5) is 11.5 Å². The maximum atomic E-state index is 5.46. The second kappa shape index (κ2) is 5.89. The number of fused-ring (bicyclic) bond motifs is 1. The number of anilines is 2. The molecule has 0 unspecified atom stereocenters. The van der Waals surface area contributed by atoms with E-state index >= 15 is 0 Å². The monoisotopic (exact) mass is 309 g/mol. The van der Waals surface area contributed by atoms with Gasteiger partial charge in [-0.25, -0.2) is 9.97 Å². The number of H-pyrrole nitrogens is 1. The lowest BCUT2D eigenvalue weighted by Crippen LogP contribution is -2.37. The Kier molecular flexibility index (Phi) is 3.59. The van der Waals surface area contributed by atoms with Crippen molar-refractivity contribution < 1.29 is 4.74 Å². The largest absolute Gasteiger partial charge is 0.388 e. The first-order chi connectivity index (χ1) is 11.3. The molecule has 0 atom stereocenters. The number of rotatable bonds is 3. The highest BCUT2D eigenvalue weighted by molar-refractivity contribution is 5.88. The Balaban J connectivity index is 1.83. The summed E-state index contributed by atoms with van der Waals surface area (Å²) in [5.74, 6) is 1.70. The molecular formula is C17H19N5O. The first-order valence-electron chi connectivity index (χ1n) is 7.81. The molecule has 2 aromatic heterocycles. The number of hydrogen-bond donors (Lipinski definition) is 2. The molecule has 4 rings (SSSR count). The number of aromatic nitrogens is 3. The fraction of sp³-hybridized carbons (Fsp3) is 0.294. The van der Waals surface area contributed by atoms with Gasteiger partial charge in [-0.05, 0) is 18.2 Å². The smallest absolute Gasteiger partial charge is 0.162 e. The van der Waals surface area contributed by atoms with Gasteiger partial charge in [0.1, 0.15) is 5.52 Å². The SMILES string of the molecule is CNc1cccc(-c2nc(N3CCOCC3)c3[nH]ccc3n2)c1. The molecule has 2 N–H and O–H groups in total. The molecule has 3 heterocycles. The van der Waals surface area contributed by atoms with Crippen LogP contribution in [0.5, 0.6) is 0 Å². The Morgan fingerprint density at radius 2 is 2.04 bits per heavy atom. The van der Waals surface area contributed by atoms with Gasteiger partial charge in [0.25, 0.3) is 0 Å². The minimum absolute atomic E-state index is 0.733. The first-order valence-corrected chi connectivity index (χ1v) is 7.81. The van der Waals surface area contributed by atoms with E-state index in [1.165, 1.54) is 0 Å². The lowest BCUT2D eigenvalue weighted by atomic mass is 10.2. The summed E-state index contributed by atoms with van der Waals surface area (Å²) < 4.78 is 5.46. The van der Waals surface area contributed by atoms with Gasteiger partial charge in [-0.15, -0.1) is 0 Å². The van der Waals surface area contributed by atoms with Crippen molar-refractivity contribution in [2.24, 2.45) is 0 Å². The molecule has 0 radical (unpaired) electrons. The van der Waals surface area contributed by atoms with Crippen molar-refractivity contribution in [2.75, 3.05) is 43.6 Å². The highest BCUT2D eigenvalue weighted by Crippen LogP contribution is 2.28. The molecule has 1 saturated heterocycles. The van der Waals surface area contributed by atoms with Crippen molar-refractivity contribution in [3.63, 3.8) is 0 Å². The summed E-state index contributed by atoms with van der Waals surface area (Å²) in [5, 5.41) is 3.16. The Bertz CT molecular complexity index is 823. The third-order valence-corrected chi connectivity index (χ3v) is 4.11. The summed E-state index contributed by atoms with van der Waals surface area (Å²) in [6.45, 7) is 3.16. The van der Waals surface area contributed by atoms with Crippen LogP contribution < -0.4 is 10.2 Å². The van der Waals surface area contributed by atoms with E-state index in [9.17, 15) is 0 Å². The molecule has 1 aliphatic heterocycles. The van der Waals surface area contributed by atoms with E-state index in [2.05, 4.69) is 21.3 Å². The molecule has 0 bridgehead atoms. The van der Waals surface area contributed by atoms with Crippen LogP contribution in [0.3, 0.4) is 0 Å². The van der Waals surface area contributed by atoms with Crippen molar-refractivity contribution >= 4 is 22.5 Å². The van der Waals surface area contributed by atoms with Crippen LogP contribution in [0, 0.1) is 0 Å². The summed E-state index contributed by atoms with van der Waals surface area (Å²) in [6.07, 6.45) is 1.91. The first kappa shape index (κ1) is 14.0. The average Bonchev–Trinajstić information content (AvgIpc) is 3.10. The molecule has 1 aromatic carbocycles. The number of benzene rings is 1. The highest BCUT2D eigenvalue weighted by atomic mass is 16.5. The lowest BCUT2D eigenvalue weighted by Gasteiger charge is -2.28. The maximum absolute atomic E-state index is 5.46. The quantitative estimate of drug-likeness (QED) is 0.778. The zero-order chi connectivity index (χ0) is 15.6. The Labute approximate surface area is 134 Å². The third kappa shape index (κ3) is 2.61. The van der Waals surface area contributed by atoms with E-state index in [-0.39, 0.29) is 0 Å². The van der Waals surface area contributed by atoms with Gasteiger partial charge in [-0.3, -0.25) is 0 Å². The van der Waals surface area contributed by atoms with Crippen molar-refractivity contribution in [3.8, 4) is 11.4 Å². The maximum Gasteiger partial charge on any atom is 0.162 e. The molecule has 3 aromatic rings. The minimum atomic E-state index is 0.733. The van der Waals surface area contributed by atoms with Gasteiger partial charge in [0, 0.05) is 37.6 Å². The van der Waals surface area contributed by atoms with Crippen LogP contribution in [-0.4, -0.2) is 48.3 Å². The van der Waals surface area contributed by atoms with Gasteiger partial charge in [0.2, 0.25) is 0 Å². The summed E-state index contributed by atoms with van der Waals surface area (Å²) in [4.78, 5) is 15.1. The molecule has 6 heteroatoms. The van der Waals surface area contributed by atoms with E-state index in [0.29, 0.717) is 0 Å². The van der Waals surface area contributed by atoms with Crippen molar-refractivity contribution in [2.45, 2.75) is 0 Å². The van der Waals surface area contributed by atoms with Gasteiger partial charge in [0.05, 0.1) is 18.7 Å². The molecule has 6 nitrogen and oxygen atoms in total. The predicted molar refractivity (Wildman–Crippen MR) is 91.9 cm³/mol. The molecular weight excluding hydrogens is 290 g/mol. The molecule has 1 aliphatic rings. The van der Waals surface area contributed by atoms with Crippen LogP contribution in [0.25, 0.3) is 22.4 Å². The zero-order valence-electron chi connectivity index (χ0n) is 13.0. The van der Waals surface area contributed by atoms with E-state index < -0.39 is 0 Å². The molecule has 0 spiro atoms. The van der Waals surface area contributed by atoms with E-state index in [0.717, 1.165) is 60.2 Å². The van der Waals surface area contributed by atoms with Crippen LogP contribution in [0.1, 0.15) is 0 Å². The highest BCUT2D eigenvalue weighted by Gasteiger charge is 2.18. The summed E-state index contributed by atoms with van der Waals surface area (Å²) >= 11 is 0. The van der Waals surface area contributed by atoms with Gasteiger partial charge in [0.15, 0.2) is 11.6 Å². The molecule has 0 amide bonds. The van der Waals surface area contributed by atoms with Crippen molar-refractivity contribution in [1.82, 2.24) is 15.0 Å². The van der Waals surface area contributed by atoms with Crippen LogP contribution in [0.2, 0.25) is 0 Å². The predicted octanol–water partition coefficient (Wildman–Crippen LogP) is 2.50. The number of morpholine rings is 1. The molecule has 0 aliphatic carbocycles. The minimum Gasteiger partial charge on any atom is -0.388 e. The van der Waals surface area contributed by atoms with Crippen molar-refractivity contribution in [1.29, 1.82) is 0 Å². The van der Waals surface area contributed by atoms with Crippen LogP contribution >= 0.6 is 0 Å². The average molecular weight is 309 g/mol. The van der Waals surface area contributed by atoms with Gasteiger partial charge >= 0.3 is 0 Å². The normalized spacial score (nSPS) is 15.1. The summed E-state index contributed by atoms with van der Waals surface area (Å²) in [5.41, 5.74) is 3.98. The zero-order valence-corrected chi connectivity index (χ0v) is 13.0. The van der Waals surface area contributed by atoms with Gasteiger partial charge < -0.3 is 19.9 Å². The Morgan fingerprint density at radius 1 is 1.17 bits per heavy atom.